The quantitative estimate of drug-likeness (QED) is 0.443. The number of amides is 2. The van der Waals surface area contributed by atoms with Gasteiger partial charge in [0, 0.05) is 73.3 Å². The van der Waals surface area contributed by atoms with E-state index < -0.39 is 27.7 Å². The molecule has 0 bridgehead atoms. The Hall–Kier alpha value is -3.87. The Bertz CT molecular complexity index is 1560. The molecule has 2 amide bonds. The van der Waals surface area contributed by atoms with Crippen molar-refractivity contribution in [2.45, 2.75) is 43.9 Å². The summed E-state index contributed by atoms with van der Waals surface area (Å²) in [5.41, 5.74) is 3.29. The topological polar surface area (TPSA) is 130 Å². The van der Waals surface area contributed by atoms with Gasteiger partial charge in [-0.25, -0.2) is 22.8 Å². The molecule has 2 N–H and O–H groups in total. The molecular weight excluding hydrogens is 530 g/mol. The summed E-state index contributed by atoms with van der Waals surface area (Å²) in [5.74, 6) is -3.03. The number of alkyl halides is 2. The van der Waals surface area contributed by atoms with Crippen LogP contribution in [0.15, 0.2) is 45.9 Å². The van der Waals surface area contributed by atoms with Gasteiger partial charge in [-0.2, -0.15) is 5.10 Å². The number of nitrogens with one attached hydrogen (secondary N) is 1. The van der Waals surface area contributed by atoms with Gasteiger partial charge in [0.2, 0.25) is 5.92 Å². The zero-order valence-electron chi connectivity index (χ0n) is 22.1. The van der Waals surface area contributed by atoms with Gasteiger partial charge in [0.05, 0.1) is 21.0 Å². The van der Waals surface area contributed by atoms with Crippen LogP contribution < -0.4 is 10.2 Å². The first kappa shape index (κ1) is 28.1. The Morgan fingerprint density at radius 3 is 2.59 bits per heavy atom. The van der Waals surface area contributed by atoms with E-state index in [2.05, 4.69) is 19.8 Å². The summed E-state index contributed by atoms with van der Waals surface area (Å²) in [4.78, 5) is 31.2. The average Bonchev–Trinajstić information content (AvgIpc) is 3.06. The van der Waals surface area contributed by atoms with Gasteiger partial charge in [0.25, 0.3) is 5.91 Å². The van der Waals surface area contributed by atoms with Crippen LogP contribution in [0.4, 0.5) is 25.1 Å². The molecule has 0 saturated carbocycles. The van der Waals surface area contributed by atoms with E-state index in [1.54, 1.807) is 35.8 Å². The molecule has 0 radical (unpaired) electrons. The number of carbonyl (C=O) groups is 2. The summed E-state index contributed by atoms with van der Waals surface area (Å²) in [7, 11) is -1.47. The predicted octanol–water partition coefficient (Wildman–Crippen LogP) is 5.11. The van der Waals surface area contributed by atoms with Crippen molar-refractivity contribution in [2.75, 3.05) is 29.6 Å². The minimum atomic E-state index is -3.25. The average molecular weight is 561 g/mol. The van der Waals surface area contributed by atoms with Crippen molar-refractivity contribution >= 4 is 33.2 Å². The van der Waals surface area contributed by atoms with Crippen molar-refractivity contribution in [1.29, 1.82) is 0 Å². The van der Waals surface area contributed by atoms with Gasteiger partial charge in [-0.1, -0.05) is 6.07 Å². The molecule has 3 heterocycles. The highest BCUT2D eigenvalue weighted by Crippen LogP contribution is 2.35. The standard InChI is InChI=1S/C26H30F2N6O4S/c1-16-20(21-15-33(3)31-17(21)2)14-29-23(34-11-6-9-26(27,28)10-12-34)22(16)24(35)30-18-7-5-8-19(13-18)39(4,38)32-25(36)37/h5,7-8,13-15H,6,9-12H2,1-4H3,(H,30,35)(H,36,37). The summed E-state index contributed by atoms with van der Waals surface area (Å²) in [6.07, 6.45) is 2.75. The van der Waals surface area contributed by atoms with Crippen molar-refractivity contribution in [2.24, 2.45) is 11.4 Å². The number of hydrogen-bond donors (Lipinski definition) is 2. The van der Waals surface area contributed by atoms with E-state index in [0.717, 1.165) is 11.3 Å². The number of hydrogen-bond acceptors (Lipinski definition) is 6. The Labute approximate surface area is 225 Å². The number of aromatic nitrogens is 3. The zero-order valence-corrected chi connectivity index (χ0v) is 22.9. The van der Waals surface area contributed by atoms with Gasteiger partial charge in [-0.05, 0) is 44.0 Å². The fourth-order valence-electron chi connectivity index (χ4n) is 4.72. The molecule has 0 spiro atoms. The Morgan fingerprint density at radius 2 is 1.92 bits per heavy atom. The van der Waals surface area contributed by atoms with Gasteiger partial charge in [-0.3, -0.25) is 9.48 Å². The van der Waals surface area contributed by atoms with E-state index in [-0.39, 0.29) is 42.0 Å². The highest BCUT2D eigenvalue weighted by atomic mass is 32.2. The lowest BCUT2D eigenvalue weighted by Gasteiger charge is -2.26. The van der Waals surface area contributed by atoms with E-state index in [4.69, 9.17) is 5.11 Å². The first-order chi connectivity index (χ1) is 18.3. The third-order valence-electron chi connectivity index (χ3n) is 6.65. The van der Waals surface area contributed by atoms with Crippen molar-refractivity contribution < 1.29 is 27.7 Å². The predicted molar refractivity (Wildman–Crippen MR) is 144 cm³/mol. The molecule has 1 aliphatic rings. The van der Waals surface area contributed by atoms with Crippen LogP contribution in [-0.4, -0.2) is 61.3 Å². The number of anilines is 2. The van der Waals surface area contributed by atoms with Crippen molar-refractivity contribution in [3.63, 3.8) is 0 Å². The molecular formula is C26H30F2N6O4S. The van der Waals surface area contributed by atoms with Crippen LogP contribution in [0.1, 0.15) is 40.9 Å². The van der Waals surface area contributed by atoms with Gasteiger partial charge in [0.15, 0.2) is 0 Å². The minimum Gasteiger partial charge on any atom is -0.463 e. The second-order valence-electron chi connectivity index (χ2n) is 9.65. The maximum Gasteiger partial charge on any atom is 0.439 e. The van der Waals surface area contributed by atoms with E-state index in [0.29, 0.717) is 23.5 Å². The molecule has 1 fully saturated rings. The summed E-state index contributed by atoms with van der Waals surface area (Å²) in [6.45, 7) is 3.97. The maximum absolute atomic E-state index is 14.1. The van der Waals surface area contributed by atoms with Crippen LogP contribution in [-0.2, 0) is 16.8 Å². The lowest BCUT2D eigenvalue weighted by molar-refractivity contribution is -0.0102. The maximum atomic E-state index is 14.1. The van der Waals surface area contributed by atoms with E-state index in [9.17, 15) is 22.6 Å². The molecule has 10 nitrogen and oxygen atoms in total. The van der Waals surface area contributed by atoms with Crippen molar-refractivity contribution in [3.8, 4) is 11.1 Å². The SMILES string of the molecule is Cc1nn(C)cc1-c1cnc(N2CCCC(F)(F)CC2)c(C(=O)Nc2cccc(S(C)(=O)=NC(=O)O)c2)c1C. The van der Waals surface area contributed by atoms with Gasteiger partial charge < -0.3 is 15.3 Å². The number of rotatable bonds is 5. The molecule has 1 unspecified atom stereocenters. The second-order valence-corrected chi connectivity index (χ2v) is 11.9. The van der Waals surface area contributed by atoms with Gasteiger partial charge in [0.1, 0.15) is 5.82 Å². The molecule has 1 atom stereocenters. The van der Waals surface area contributed by atoms with Crippen LogP contribution >= 0.6 is 0 Å². The second kappa shape index (κ2) is 10.7. The Morgan fingerprint density at radius 1 is 1.18 bits per heavy atom. The first-order valence-corrected chi connectivity index (χ1v) is 14.2. The fraction of sp³-hybridized carbons (Fsp3) is 0.385. The molecule has 1 saturated heterocycles. The molecule has 0 aliphatic carbocycles. The summed E-state index contributed by atoms with van der Waals surface area (Å²) < 4.78 is 46.0. The molecule has 1 aliphatic heterocycles. The molecule has 13 heteroatoms. The number of carboxylic acid groups (broad SMARTS) is 1. The molecule has 2 aromatic heterocycles. The molecule has 208 valence electrons. The summed E-state index contributed by atoms with van der Waals surface area (Å²) in [5, 5.41) is 16.1. The van der Waals surface area contributed by atoms with Crippen LogP contribution in [0.5, 0.6) is 0 Å². The lowest BCUT2D eigenvalue weighted by atomic mass is 9.98. The number of aryl methyl sites for hydroxylation is 2. The molecule has 3 aromatic rings. The van der Waals surface area contributed by atoms with E-state index in [1.807, 2.05) is 13.1 Å². The van der Waals surface area contributed by atoms with Crippen molar-refractivity contribution in [3.05, 3.63) is 53.5 Å². The van der Waals surface area contributed by atoms with Crippen LogP contribution in [0.3, 0.4) is 0 Å². The van der Waals surface area contributed by atoms with Gasteiger partial charge in [-0.15, -0.1) is 4.36 Å². The third kappa shape index (κ3) is 6.24. The summed E-state index contributed by atoms with van der Waals surface area (Å²) in [6, 6.07) is 5.97. The molecule has 39 heavy (non-hydrogen) atoms. The minimum absolute atomic E-state index is 0.0368. The largest absolute Gasteiger partial charge is 0.463 e. The highest BCUT2D eigenvalue weighted by molar-refractivity contribution is 7.93. The first-order valence-electron chi connectivity index (χ1n) is 12.3. The smallest absolute Gasteiger partial charge is 0.439 e. The summed E-state index contributed by atoms with van der Waals surface area (Å²) >= 11 is 0. The number of nitrogens with zero attached hydrogens (tertiary/aromatic N) is 5. The highest BCUT2D eigenvalue weighted by Gasteiger charge is 2.34. The number of carbonyl (C=O) groups excluding carboxylic acids is 1. The number of halogens is 2. The van der Waals surface area contributed by atoms with E-state index in [1.165, 1.54) is 24.5 Å². The number of benzene rings is 1. The monoisotopic (exact) mass is 560 g/mol. The van der Waals surface area contributed by atoms with Crippen LogP contribution in [0.2, 0.25) is 0 Å². The normalized spacial score (nSPS) is 16.7. The van der Waals surface area contributed by atoms with Crippen LogP contribution in [0, 0.1) is 13.8 Å². The molecule has 1 aromatic carbocycles. The Balaban J connectivity index is 1.79. The van der Waals surface area contributed by atoms with E-state index >= 15 is 0 Å². The Kier molecular flexibility index (Phi) is 7.73. The van der Waals surface area contributed by atoms with Crippen molar-refractivity contribution in [1.82, 2.24) is 14.8 Å². The number of pyridine rings is 1. The zero-order chi connectivity index (χ0) is 28.5. The lowest BCUT2D eigenvalue weighted by Crippen LogP contribution is -2.30. The fourth-order valence-corrected chi connectivity index (χ4v) is 5.80. The van der Waals surface area contributed by atoms with Crippen LogP contribution in [0.25, 0.3) is 11.1 Å². The molecule has 4 rings (SSSR count). The third-order valence-corrected chi connectivity index (χ3v) is 8.28. The van der Waals surface area contributed by atoms with Gasteiger partial charge >= 0.3 is 6.09 Å².